The second kappa shape index (κ2) is 49.2. The Morgan fingerprint density at radius 3 is 1.18 bits per heavy atom. The van der Waals surface area contributed by atoms with Crippen LogP contribution in [0, 0.1) is 12.8 Å². The Morgan fingerprint density at radius 2 is 0.779 bits per heavy atom. The first-order valence-corrected chi connectivity index (χ1v) is 45.0. The zero-order chi connectivity index (χ0) is 98.1. The molecule has 710 valence electrons. The first kappa shape index (κ1) is 104. The number of methoxy groups -OCH3 is 11. The molecule has 38 heteroatoms. The van der Waals surface area contributed by atoms with Crippen LogP contribution in [0.25, 0.3) is 88.4 Å². The zero-order valence-electron chi connectivity index (χ0n) is 76.3. The largest absolute Gasteiger partial charge is 0.495 e. The van der Waals surface area contributed by atoms with Gasteiger partial charge in [-0.25, -0.2) is 44.9 Å². The van der Waals surface area contributed by atoms with Gasteiger partial charge in [0.1, 0.15) is 80.3 Å². The Hall–Kier alpha value is -12.7. The van der Waals surface area contributed by atoms with Crippen molar-refractivity contribution in [3.63, 3.8) is 0 Å². The van der Waals surface area contributed by atoms with Crippen LogP contribution in [0.2, 0.25) is 40.2 Å². The van der Waals surface area contributed by atoms with E-state index >= 15 is 0 Å². The van der Waals surface area contributed by atoms with Gasteiger partial charge in [0.2, 0.25) is 11.8 Å². The first-order chi connectivity index (χ1) is 65.6. The van der Waals surface area contributed by atoms with Crippen molar-refractivity contribution in [2.75, 3.05) is 138 Å². The van der Waals surface area contributed by atoms with E-state index in [4.69, 9.17) is 160 Å². The highest BCUT2D eigenvalue weighted by Gasteiger charge is 2.29. The molecule has 14 rings (SSSR count). The molecule has 8 aromatic heterocycles. The van der Waals surface area contributed by atoms with Crippen molar-refractivity contribution < 1.29 is 71.3 Å². The molecular formula is C98H97Cl8N15O15. The summed E-state index contributed by atoms with van der Waals surface area (Å²) in [6.45, 7) is 18.7. The second-order valence-corrected chi connectivity index (χ2v) is 32.9. The van der Waals surface area contributed by atoms with Gasteiger partial charge >= 0.3 is 0 Å². The number of hydrogen-bond acceptors (Lipinski definition) is 29. The number of benzene rings is 5. The monoisotopic (exact) mass is 2000 g/mol. The van der Waals surface area contributed by atoms with Crippen LogP contribution in [-0.4, -0.2) is 184 Å². The number of nitrogens with zero attached hydrogens (tertiary/aromatic N) is 10. The third-order valence-corrected chi connectivity index (χ3v) is 24.1. The lowest BCUT2D eigenvalue weighted by Crippen LogP contribution is -2.11. The number of ketones is 3. The zero-order valence-corrected chi connectivity index (χ0v) is 82.4. The molecule has 1 fully saturated rings. The van der Waals surface area contributed by atoms with Crippen LogP contribution >= 0.6 is 92.8 Å². The minimum absolute atomic E-state index is 0.0277. The normalized spacial score (nSPS) is 11.3. The highest BCUT2D eigenvalue weighted by molar-refractivity contribution is 6.43. The lowest BCUT2D eigenvalue weighted by molar-refractivity contribution is -0.115. The molecule has 1 aliphatic carbocycles. The van der Waals surface area contributed by atoms with Gasteiger partial charge in [-0.2, -0.15) is 0 Å². The number of hydrogen-bond donors (Lipinski definition) is 5. The lowest BCUT2D eigenvalue weighted by Gasteiger charge is -2.17. The predicted octanol–water partition coefficient (Wildman–Crippen LogP) is 22.5. The van der Waals surface area contributed by atoms with Crippen molar-refractivity contribution in [3.8, 4) is 96.9 Å². The molecule has 0 spiro atoms. The molecule has 1 saturated carbocycles. The van der Waals surface area contributed by atoms with E-state index in [1.54, 1.807) is 75.4 Å². The molecule has 0 unspecified atom stereocenters. The smallest absolute Gasteiger partial charge is 0.247 e. The maximum Gasteiger partial charge on any atom is 0.247 e. The summed E-state index contributed by atoms with van der Waals surface area (Å²) in [6, 6.07) is 23.1. The fourth-order valence-electron chi connectivity index (χ4n) is 13.8. The van der Waals surface area contributed by atoms with Gasteiger partial charge in [0.25, 0.3) is 0 Å². The molecule has 8 heterocycles. The number of nitrogens with one attached hydrogen (secondary N) is 5. The molecule has 0 atom stereocenters. The Labute approximate surface area is 825 Å². The number of pyridine rings is 6. The molecule has 136 heavy (non-hydrogen) atoms. The minimum Gasteiger partial charge on any atom is -0.495 e. The number of anilines is 6. The molecule has 0 aliphatic heterocycles. The molecule has 0 radical (unpaired) electrons. The summed E-state index contributed by atoms with van der Waals surface area (Å²) < 4.78 is 59.1. The van der Waals surface area contributed by atoms with Crippen LogP contribution < -0.4 is 69.2 Å². The van der Waals surface area contributed by atoms with Crippen LogP contribution in [0.5, 0.6) is 51.9 Å². The first-order valence-electron chi connectivity index (χ1n) is 42.0. The Kier molecular flexibility index (Phi) is 37.5. The van der Waals surface area contributed by atoms with Gasteiger partial charge < -0.3 is 78.7 Å². The van der Waals surface area contributed by atoms with Gasteiger partial charge in [0.05, 0.1) is 152 Å². The molecule has 30 nitrogen and oxygen atoms in total. The molecule has 5 N–H and O–H groups in total. The summed E-state index contributed by atoms with van der Waals surface area (Å²) in [4.78, 5) is 93.1. The van der Waals surface area contributed by atoms with Crippen LogP contribution in [0.4, 0.5) is 34.6 Å². The van der Waals surface area contributed by atoms with E-state index in [0.717, 1.165) is 39.3 Å². The summed E-state index contributed by atoms with van der Waals surface area (Å²) in [6.07, 6.45) is 16.6. The number of halogens is 8. The number of rotatable bonds is 40. The topological polar surface area (TPSA) is 359 Å². The van der Waals surface area contributed by atoms with E-state index < -0.39 is 0 Å². The number of para-hydroxylation sites is 1. The molecule has 1 aliphatic rings. The predicted molar refractivity (Wildman–Crippen MR) is 540 cm³/mol. The van der Waals surface area contributed by atoms with Crippen molar-refractivity contribution in [2.24, 2.45) is 5.92 Å². The van der Waals surface area contributed by atoms with Crippen LogP contribution in [0.1, 0.15) is 55.0 Å². The third-order valence-electron chi connectivity index (χ3n) is 21.1. The second-order valence-electron chi connectivity index (χ2n) is 29.8. The van der Waals surface area contributed by atoms with E-state index in [0.29, 0.717) is 270 Å². The summed E-state index contributed by atoms with van der Waals surface area (Å²) in [5.74, 6) is 7.19. The lowest BCUT2D eigenvalue weighted by atomic mass is 10.0. The van der Waals surface area contributed by atoms with Gasteiger partial charge in [-0.15, -0.1) is 0 Å². The van der Waals surface area contributed by atoms with Crippen LogP contribution in [0.15, 0.2) is 154 Å². The molecule has 1 amide bonds. The number of fused-ring (bicyclic) bond motifs is 4. The van der Waals surface area contributed by atoms with Gasteiger partial charge in [0, 0.05) is 175 Å². The maximum absolute atomic E-state index is 11.9. The summed E-state index contributed by atoms with van der Waals surface area (Å²) in [5.41, 5.74) is 8.23. The fraction of sp³-hybridized carbons (Fsp3) is 0.265. The van der Waals surface area contributed by atoms with E-state index in [1.165, 1.54) is 101 Å². The number of carbonyl (C=O) groups excluding carboxylic acids is 4. The summed E-state index contributed by atoms with van der Waals surface area (Å²) in [5, 5.41) is 23.2. The molecule has 13 aromatic rings. The van der Waals surface area contributed by atoms with Crippen molar-refractivity contribution in [1.29, 1.82) is 0 Å². The van der Waals surface area contributed by atoms with Gasteiger partial charge in [-0.05, 0) is 104 Å². The number of aryl methyl sites for hydroxylation is 4. The standard InChI is InChI=1S/C27H24Cl2N4O4.C24H24Cl2N4O3.C24H25Cl2N3O4.C23H24Cl2N4O4/c1-6-22(34)31-17-9-7-8-14(2)26(17)33-21-11-16-15(13-30-21)10-18(32-27(16)37-5)23-24(28)19(35-3)12-20(36-4)25(23)29;1-4-15(31)7-8-19-27-12-14-9-16(29-24(23(14)30-19)28-11-13-5-6-13)20-21(25)17(32-2)10-18(33-3)22(20)26;1-5-16(30)7-6-15-11-17-14(13-28-15)10-18(29-24(17)27-8-9-31-2)21-22(25)19(32-3)12-20(33-4)23(21)26;1-5-14(30)6-7-18-27-12-13-10-15(28-23(22(13)29-18)26-8-9-31-2)19-20(24)16(32-3)11-17(33-4)21(19)25/h6-13H,1H2,2-5H3,(H,30,33)(H,31,34);4,9-10,12-13H,1,5-8,11H2,2-3H3,(H,28,29);5,10-13H,1,6-9H2,2-4H3,(H,27,29);5,10-12H,1,6-9H2,2-4H3,(H,26,28). The quantitative estimate of drug-likeness (QED) is 0.0176. The fourth-order valence-corrected chi connectivity index (χ4v) is 16.6. The van der Waals surface area contributed by atoms with E-state index in [1.807, 2.05) is 49.4 Å². The highest BCUT2D eigenvalue weighted by atomic mass is 35.5. The van der Waals surface area contributed by atoms with Crippen LogP contribution in [-0.2, 0) is 47.9 Å². The average Bonchev–Trinajstić information content (AvgIpc) is 0.830. The Morgan fingerprint density at radius 1 is 0.404 bits per heavy atom. The summed E-state index contributed by atoms with van der Waals surface area (Å²) >= 11 is 52.9. The van der Waals surface area contributed by atoms with Crippen molar-refractivity contribution in [3.05, 3.63) is 217 Å². The Bertz CT molecular complexity index is 6400. The SMILES string of the molecule is C=CC(=O)CCc1cc2c(NCCOC)nc(-c3c(Cl)c(OC)cc(OC)c3Cl)cc2cn1.C=CC(=O)CCc1ncc2cc(-c3c(Cl)c(OC)cc(OC)c3Cl)nc(NCC3CC3)c2n1.C=CC(=O)CCc1ncc2cc(-c3c(Cl)c(OC)cc(OC)c3Cl)nc(NCCOC)c2n1.C=CC(=O)Nc1cccc(C)c1Nc1cc2c(OC)nc(-c3c(Cl)c(OC)cc(OC)c3Cl)cc2cn1. The Balaban J connectivity index is 0.000000174. The highest BCUT2D eigenvalue weighted by Crippen LogP contribution is 2.52. The molecule has 0 bridgehead atoms. The molecule has 5 aromatic carbocycles. The number of amides is 1. The average molecular weight is 2010 g/mol. The number of ether oxygens (including phenoxy) is 11. The maximum atomic E-state index is 11.9. The van der Waals surface area contributed by atoms with Gasteiger partial charge in [0.15, 0.2) is 29.0 Å². The number of aromatic nitrogens is 10. The third kappa shape index (κ3) is 25.1. The van der Waals surface area contributed by atoms with Crippen LogP contribution in [0.3, 0.4) is 0 Å². The van der Waals surface area contributed by atoms with Crippen molar-refractivity contribution >= 4 is 194 Å². The van der Waals surface area contributed by atoms with E-state index in [9.17, 15) is 19.2 Å². The summed E-state index contributed by atoms with van der Waals surface area (Å²) in [7, 11) is 16.9. The van der Waals surface area contributed by atoms with Crippen molar-refractivity contribution in [2.45, 2.75) is 58.3 Å². The number of carbonyl (C=O) groups is 4. The van der Waals surface area contributed by atoms with Gasteiger partial charge in [-0.1, -0.05) is 131 Å². The molecule has 0 saturated heterocycles. The minimum atomic E-state index is -0.315. The van der Waals surface area contributed by atoms with E-state index in [-0.39, 0.29) is 29.7 Å². The number of allylic oxidation sites excluding steroid dienone is 3. The van der Waals surface area contributed by atoms with E-state index in [2.05, 4.69) is 87.8 Å². The van der Waals surface area contributed by atoms with Gasteiger partial charge in [-0.3, -0.25) is 24.2 Å². The van der Waals surface area contributed by atoms with Crippen molar-refractivity contribution in [1.82, 2.24) is 49.8 Å². The molecular weight excluding hydrogens is 1910 g/mol.